The highest BCUT2D eigenvalue weighted by Gasteiger charge is 2.02. The molecule has 0 spiro atoms. The van der Waals surface area contributed by atoms with Gasteiger partial charge in [0.15, 0.2) is 0 Å². The molecular formula is C11H18N3+. The highest BCUT2D eigenvalue weighted by atomic mass is 15.1. The third-order valence-electron chi connectivity index (χ3n) is 2.28. The second kappa shape index (κ2) is 4.65. The van der Waals surface area contributed by atoms with E-state index in [4.69, 9.17) is 5.73 Å². The number of anilines is 2. The molecule has 0 unspecified atom stereocenters. The zero-order valence-corrected chi connectivity index (χ0v) is 9.04. The third kappa shape index (κ3) is 2.76. The van der Waals surface area contributed by atoms with Gasteiger partial charge in [-0.25, -0.2) is 5.32 Å². The van der Waals surface area contributed by atoms with Crippen LogP contribution in [-0.2, 0) is 0 Å². The molecule has 0 heterocycles. The summed E-state index contributed by atoms with van der Waals surface area (Å²) >= 11 is 0. The van der Waals surface area contributed by atoms with Crippen LogP contribution < -0.4 is 11.1 Å². The van der Waals surface area contributed by atoms with Gasteiger partial charge in [0.25, 0.3) is 0 Å². The monoisotopic (exact) mass is 192 g/mol. The van der Waals surface area contributed by atoms with Crippen molar-refractivity contribution in [3.05, 3.63) is 24.3 Å². The number of nitrogens with one attached hydrogen (secondary N) is 1. The van der Waals surface area contributed by atoms with Gasteiger partial charge in [-0.1, -0.05) is 0 Å². The second-order valence-corrected chi connectivity index (χ2v) is 3.35. The zero-order chi connectivity index (χ0) is 10.6. The largest absolute Gasteiger partial charge is 0.399 e. The highest BCUT2D eigenvalue weighted by molar-refractivity contribution is 5.89. The molecule has 0 aromatic heterocycles. The van der Waals surface area contributed by atoms with Gasteiger partial charge >= 0.3 is 0 Å². The van der Waals surface area contributed by atoms with Crippen LogP contribution in [0.5, 0.6) is 0 Å². The van der Waals surface area contributed by atoms with Crippen molar-refractivity contribution in [3.63, 3.8) is 0 Å². The molecule has 0 atom stereocenters. The predicted octanol–water partition coefficient (Wildman–Crippen LogP) is 1.76. The summed E-state index contributed by atoms with van der Waals surface area (Å²) in [6.07, 6.45) is 0. The molecule has 1 aromatic rings. The minimum atomic E-state index is 0.789. The highest BCUT2D eigenvalue weighted by Crippen LogP contribution is 2.10. The Kier molecular flexibility index (Phi) is 3.51. The van der Waals surface area contributed by atoms with Gasteiger partial charge in [0, 0.05) is 12.6 Å². The summed E-state index contributed by atoms with van der Waals surface area (Å²) in [6.45, 7) is 5.17. The van der Waals surface area contributed by atoms with Crippen molar-refractivity contribution < 1.29 is 4.58 Å². The van der Waals surface area contributed by atoms with Crippen LogP contribution in [0.15, 0.2) is 24.3 Å². The zero-order valence-electron chi connectivity index (χ0n) is 9.04. The minimum absolute atomic E-state index is 0.789. The normalized spacial score (nSPS) is 12.2. The summed E-state index contributed by atoms with van der Waals surface area (Å²) in [6, 6.07) is 7.73. The molecule has 1 rings (SSSR count). The molecule has 0 aliphatic carbocycles. The van der Waals surface area contributed by atoms with Gasteiger partial charge in [0.05, 0.1) is 13.6 Å². The fraction of sp³-hybridized carbons (Fsp3) is 0.364. The first-order valence-corrected chi connectivity index (χ1v) is 4.80. The molecule has 3 heteroatoms. The number of nitrogen functional groups attached to an aromatic ring is 1. The molecule has 0 saturated carbocycles. The first-order valence-electron chi connectivity index (χ1n) is 4.80. The predicted molar refractivity (Wildman–Crippen MR) is 61.9 cm³/mol. The SMILES string of the molecule is CC[N+](C)=C(C)Nc1ccc(N)cc1. The summed E-state index contributed by atoms with van der Waals surface area (Å²) in [5.74, 6) is 1.14. The lowest BCUT2D eigenvalue weighted by molar-refractivity contribution is -0.493. The van der Waals surface area contributed by atoms with Gasteiger partial charge in [-0.3, -0.25) is 4.58 Å². The number of hydrogen-bond donors (Lipinski definition) is 2. The maximum absolute atomic E-state index is 5.60. The van der Waals surface area contributed by atoms with Crippen LogP contribution in [0.3, 0.4) is 0 Å². The Labute approximate surface area is 85.3 Å². The summed E-state index contributed by atoms with van der Waals surface area (Å²) < 4.78 is 2.15. The van der Waals surface area contributed by atoms with Gasteiger partial charge in [-0.15, -0.1) is 0 Å². The van der Waals surface area contributed by atoms with Crippen molar-refractivity contribution in [2.45, 2.75) is 13.8 Å². The smallest absolute Gasteiger partial charge is 0.246 e. The van der Waals surface area contributed by atoms with E-state index in [1.165, 1.54) is 0 Å². The Morgan fingerprint density at radius 2 is 1.93 bits per heavy atom. The van der Waals surface area contributed by atoms with Crippen LogP contribution in [0.2, 0.25) is 0 Å². The quantitative estimate of drug-likeness (QED) is 0.324. The van der Waals surface area contributed by atoms with Crippen LogP contribution >= 0.6 is 0 Å². The van der Waals surface area contributed by atoms with Gasteiger partial charge in [-0.2, -0.15) is 0 Å². The molecule has 3 N–H and O–H groups in total. The molecule has 14 heavy (non-hydrogen) atoms. The van der Waals surface area contributed by atoms with E-state index < -0.39 is 0 Å². The third-order valence-corrected chi connectivity index (χ3v) is 2.28. The molecule has 0 amide bonds. The van der Waals surface area contributed by atoms with E-state index in [9.17, 15) is 0 Å². The Morgan fingerprint density at radius 1 is 1.36 bits per heavy atom. The van der Waals surface area contributed by atoms with E-state index in [2.05, 4.69) is 30.8 Å². The number of nitrogens with zero attached hydrogens (tertiary/aromatic N) is 1. The van der Waals surface area contributed by atoms with Gasteiger partial charge in [0.2, 0.25) is 5.84 Å². The fourth-order valence-corrected chi connectivity index (χ4v) is 1.11. The molecule has 0 aliphatic rings. The standard InChI is InChI=1S/C11H17N3/c1-4-14(3)9(2)13-11-7-5-10(12)6-8-11/h5-8H,4,12H2,1-3H3/p+1. The van der Waals surface area contributed by atoms with E-state index in [-0.39, 0.29) is 0 Å². The van der Waals surface area contributed by atoms with E-state index in [0.29, 0.717) is 0 Å². The van der Waals surface area contributed by atoms with Crippen LogP contribution in [-0.4, -0.2) is 24.0 Å². The maximum Gasteiger partial charge on any atom is 0.246 e. The van der Waals surface area contributed by atoms with E-state index in [1.807, 2.05) is 24.3 Å². The van der Waals surface area contributed by atoms with Gasteiger partial charge in [-0.05, 0) is 31.2 Å². The Hall–Kier alpha value is -1.51. The van der Waals surface area contributed by atoms with Crippen LogP contribution in [0.4, 0.5) is 11.4 Å². The van der Waals surface area contributed by atoms with E-state index >= 15 is 0 Å². The molecule has 1 aromatic carbocycles. The molecule has 0 saturated heterocycles. The van der Waals surface area contributed by atoms with Crippen molar-refractivity contribution in [3.8, 4) is 0 Å². The summed E-state index contributed by atoms with van der Waals surface area (Å²) in [5, 5.41) is 3.31. The Bertz CT molecular complexity index is 325. The first-order chi connectivity index (χ1) is 6.63. The molecule has 0 radical (unpaired) electrons. The summed E-state index contributed by atoms with van der Waals surface area (Å²) in [5.41, 5.74) is 7.45. The van der Waals surface area contributed by atoms with Crippen molar-refractivity contribution in [1.29, 1.82) is 0 Å². The molecular weight excluding hydrogens is 174 g/mol. The molecule has 76 valence electrons. The summed E-state index contributed by atoms with van der Waals surface area (Å²) in [7, 11) is 2.06. The maximum atomic E-state index is 5.60. The number of rotatable bonds is 2. The van der Waals surface area contributed by atoms with E-state index in [1.54, 1.807) is 0 Å². The summed E-state index contributed by atoms with van der Waals surface area (Å²) in [4.78, 5) is 0. The lowest BCUT2D eigenvalue weighted by atomic mass is 10.3. The Balaban J connectivity index is 2.74. The topological polar surface area (TPSA) is 41.1 Å². The number of amidine groups is 1. The van der Waals surface area contributed by atoms with Crippen molar-refractivity contribution >= 4 is 17.2 Å². The molecule has 0 bridgehead atoms. The minimum Gasteiger partial charge on any atom is -0.399 e. The molecule has 0 aliphatic heterocycles. The lowest BCUT2D eigenvalue weighted by Gasteiger charge is -2.03. The van der Waals surface area contributed by atoms with Crippen molar-refractivity contribution in [1.82, 2.24) is 0 Å². The average Bonchev–Trinajstić information content (AvgIpc) is 2.20. The number of hydrogen-bond acceptors (Lipinski definition) is 1. The fourth-order valence-electron chi connectivity index (χ4n) is 1.11. The number of benzene rings is 1. The Morgan fingerprint density at radius 3 is 2.43 bits per heavy atom. The van der Waals surface area contributed by atoms with Crippen LogP contribution in [0.1, 0.15) is 13.8 Å². The lowest BCUT2D eigenvalue weighted by Crippen LogP contribution is -2.21. The van der Waals surface area contributed by atoms with Crippen LogP contribution in [0, 0.1) is 0 Å². The van der Waals surface area contributed by atoms with Crippen molar-refractivity contribution in [2.75, 3.05) is 24.6 Å². The van der Waals surface area contributed by atoms with Gasteiger partial charge in [0.1, 0.15) is 5.69 Å². The van der Waals surface area contributed by atoms with Gasteiger partial charge < -0.3 is 5.73 Å². The molecule has 0 fully saturated rings. The second-order valence-electron chi connectivity index (χ2n) is 3.35. The first kappa shape index (κ1) is 10.6. The molecule has 3 nitrogen and oxygen atoms in total. The average molecular weight is 192 g/mol. The number of nitrogens with two attached hydrogens (primary N) is 1. The van der Waals surface area contributed by atoms with Crippen LogP contribution in [0.25, 0.3) is 0 Å². The van der Waals surface area contributed by atoms with E-state index in [0.717, 1.165) is 23.8 Å². The van der Waals surface area contributed by atoms with Crippen molar-refractivity contribution in [2.24, 2.45) is 0 Å².